The molecule has 0 fully saturated rings. The SMILES string of the molecule is CC(C)c1ccccc1NC(=O)c1ccc(-c2ccccc2)nn1. The van der Waals surface area contributed by atoms with Crippen LogP contribution in [0.1, 0.15) is 35.8 Å². The van der Waals surface area contributed by atoms with Crippen LogP contribution in [-0.2, 0) is 0 Å². The third-order valence-corrected chi connectivity index (χ3v) is 3.80. The Balaban J connectivity index is 1.79. The average molecular weight is 317 g/mol. The fourth-order valence-electron chi connectivity index (χ4n) is 2.52. The monoisotopic (exact) mass is 317 g/mol. The quantitative estimate of drug-likeness (QED) is 0.769. The molecule has 0 saturated carbocycles. The first-order chi connectivity index (χ1) is 11.6. The maximum atomic E-state index is 12.4. The van der Waals surface area contributed by atoms with Crippen molar-refractivity contribution >= 4 is 11.6 Å². The van der Waals surface area contributed by atoms with Gasteiger partial charge in [-0.05, 0) is 29.7 Å². The van der Waals surface area contributed by atoms with Gasteiger partial charge >= 0.3 is 0 Å². The molecule has 24 heavy (non-hydrogen) atoms. The van der Waals surface area contributed by atoms with Crippen LogP contribution in [0.15, 0.2) is 66.7 Å². The number of carbonyl (C=O) groups is 1. The van der Waals surface area contributed by atoms with Gasteiger partial charge < -0.3 is 5.32 Å². The van der Waals surface area contributed by atoms with E-state index >= 15 is 0 Å². The fraction of sp³-hybridized carbons (Fsp3) is 0.150. The van der Waals surface area contributed by atoms with Gasteiger partial charge in [-0.3, -0.25) is 4.79 Å². The van der Waals surface area contributed by atoms with Gasteiger partial charge in [0.1, 0.15) is 0 Å². The number of para-hydroxylation sites is 1. The Morgan fingerprint density at radius 1 is 0.875 bits per heavy atom. The van der Waals surface area contributed by atoms with Crippen LogP contribution < -0.4 is 5.32 Å². The summed E-state index contributed by atoms with van der Waals surface area (Å²) >= 11 is 0. The Bertz CT molecular complexity index is 827. The number of amides is 1. The molecule has 120 valence electrons. The standard InChI is InChI=1S/C20H19N3O/c1-14(2)16-10-6-7-11-18(16)21-20(24)19-13-12-17(22-23-19)15-8-4-3-5-9-15/h3-14H,1-2H3,(H,21,24). The zero-order valence-corrected chi connectivity index (χ0v) is 13.7. The number of rotatable bonds is 4. The highest BCUT2D eigenvalue weighted by molar-refractivity contribution is 6.03. The van der Waals surface area contributed by atoms with Crippen molar-refractivity contribution < 1.29 is 4.79 Å². The number of carbonyl (C=O) groups excluding carboxylic acids is 1. The summed E-state index contributed by atoms with van der Waals surface area (Å²) in [7, 11) is 0. The van der Waals surface area contributed by atoms with Crippen molar-refractivity contribution in [3.05, 3.63) is 78.0 Å². The minimum absolute atomic E-state index is 0.254. The molecule has 1 aromatic heterocycles. The Morgan fingerprint density at radius 2 is 1.58 bits per heavy atom. The third-order valence-electron chi connectivity index (χ3n) is 3.80. The number of hydrogen-bond donors (Lipinski definition) is 1. The van der Waals surface area contributed by atoms with Crippen LogP contribution in [0.2, 0.25) is 0 Å². The fourth-order valence-corrected chi connectivity index (χ4v) is 2.52. The van der Waals surface area contributed by atoms with Gasteiger partial charge in [-0.25, -0.2) is 0 Å². The molecule has 0 spiro atoms. The second-order valence-corrected chi connectivity index (χ2v) is 5.87. The summed E-state index contributed by atoms with van der Waals surface area (Å²) in [6.45, 7) is 4.19. The van der Waals surface area contributed by atoms with Gasteiger partial charge in [0.05, 0.1) is 5.69 Å². The van der Waals surface area contributed by atoms with Crippen molar-refractivity contribution in [1.82, 2.24) is 10.2 Å². The highest BCUT2D eigenvalue weighted by Crippen LogP contribution is 2.24. The zero-order valence-electron chi connectivity index (χ0n) is 13.7. The predicted molar refractivity (Wildman–Crippen MR) is 96.0 cm³/mol. The molecule has 0 aliphatic heterocycles. The maximum absolute atomic E-state index is 12.4. The third kappa shape index (κ3) is 3.49. The van der Waals surface area contributed by atoms with E-state index in [2.05, 4.69) is 29.4 Å². The molecule has 0 radical (unpaired) electrons. The van der Waals surface area contributed by atoms with Gasteiger partial charge in [0.15, 0.2) is 5.69 Å². The first-order valence-corrected chi connectivity index (χ1v) is 7.94. The molecule has 1 heterocycles. The van der Waals surface area contributed by atoms with Crippen molar-refractivity contribution in [1.29, 1.82) is 0 Å². The number of nitrogens with zero attached hydrogens (tertiary/aromatic N) is 2. The molecule has 0 saturated heterocycles. The topological polar surface area (TPSA) is 54.9 Å². The summed E-state index contributed by atoms with van der Waals surface area (Å²) in [5.74, 6) is 0.0725. The van der Waals surface area contributed by atoms with Crippen LogP contribution in [0.25, 0.3) is 11.3 Å². The molecule has 0 aliphatic rings. The predicted octanol–water partition coefficient (Wildman–Crippen LogP) is 4.52. The number of nitrogens with one attached hydrogen (secondary N) is 1. The van der Waals surface area contributed by atoms with E-state index in [1.165, 1.54) is 0 Å². The Morgan fingerprint density at radius 3 is 2.25 bits per heavy atom. The van der Waals surface area contributed by atoms with E-state index in [9.17, 15) is 4.79 Å². The highest BCUT2D eigenvalue weighted by Gasteiger charge is 2.12. The Kier molecular flexibility index (Phi) is 4.66. The molecule has 4 heteroatoms. The maximum Gasteiger partial charge on any atom is 0.276 e. The van der Waals surface area contributed by atoms with Gasteiger partial charge in [0.25, 0.3) is 5.91 Å². The van der Waals surface area contributed by atoms with Gasteiger partial charge in [0.2, 0.25) is 0 Å². The molecule has 0 aliphatic carbocycles. The molecule has 4 nitrogen and oxygen atoms in total. The first kappa shape index (κ1) is 15.9. The van der Waals surface area contributed by atoms with E-state index < -0.39 is 0 Å². The van der Waals surface area contributed by atoms with Crippen molar-refractivity contribution in [2.45, 2.75) is 19.8 Å². The molecule has 2 aromatic carbocycles. The van der Waals surface area contributed by atoms with Gasteiger partial charge in [-0.1, -0.05) is 62.4 Å². The van der Waals surface area contributed by atoms with E-state index in [1.54, 1.807) is 6.07 Å². The second-order valence-electron chi connectivity index (χ2n) is 5.87. The van der Waals surface area contributed by atoms with E-state index in [4.69, 9.17) is 0 Å². The average Bonchev–Trinajstić information content (AvgIpc) is 2.63. The number of hydrogen-bond acceptors (Lipinski definition) is 3. The van der Waals surface area contributed by atoms with Crippen LogP contribution in [0.5, 0.6) is 0 Å². The first-order valence-electron chi connectivity index (χ1n) is 7.94. The summed E-state index contributed by atoms with van der Waals surface area (Å²) in [5, 5.41) is 11.1. The van der Waals surface area contributed by atoms with E-state index in [1.807, 2.05) is 60.7 Å². The molecular weight excluding hydrogens is 298 g/mol. The van der Waals surface area contributed by atoms with Crippen LogP contribution in [0.3, 0.4) is 0 Å². The van der Waals surface area contributed by atoms with Gasteiger partial charge in [-0.2, -0.15) is 0 Å². The van der Waals surface area contributed by atoms with E-state index in [0.717, 1.165) is 22.5 Å². The molecule has 3 rings (SSSR count). The smallest absolute Gasteiger partial charge is 0.276 e. The largest absolute Gasteiger partial charge is 0.320 e. The van der Waals surface area contributed by atoms with Crippen LogP contribution in [0, 0.1) is 0 Å². The minimum Gasteiger partial charge on any atom is -0.320 e. The molecule has 0 atom stereocenters. The lowest BCUT2D eigenvalue weighted by molar-refractivity contribution is 0.102. The Hall–Kier alpha value is -3.01. The summed E-state index contributed by atoms with van der Waals surface area (Å²) in [6.07, 6.45) is 0. The minimum atomic E-state index is -0.254. The molecule has 0 bridgehead atoms. The van der Waals surface area contributed by atoms with Crippen molar-refractivity contribution in [3.8, 4) is 11.3 Å². The second kappa shape index (κ2) is 7.04. The van der Waals surface area contributed by atoms with Crippen molar-refractivity contribution in [2.75, 3.05) is 5.32 Å². The molecule has 3 aromatic rings. The van der Waals surface area contributed by atoms with Crippen molar-refractivity contribution in [2.24, 2.45) is 0 Å². The molecule has 1 amide bonds. The molecular formula is C20H19N3O. The highest BCUT2D eigenvalue weighted by atomic mass is 16.1. The lowest BCUT2D eigenvalue weighted by Gasteiger charge is -2.13. The number of benzene rings is 2. The van der Waals surface area contributed by atoms with E-state index in [-0.39, 0.29) is 5.91 Å². The summed E-state index contributed by atoms with van der Waals surface area (Å²) in [6, 6.07) is 21.1. The van der Waals surface area contributed by atoms with Gasteiger partial charge in [0, 0.05) is 11.3 Å². The van der Waals surface area contributed by atoms with Crippen LogP contribution in [0.4, 0.5) is 5.69 Å². The van der Waals surface area contributed by atoms with Crippen LogP contribution in [-0.4, -0.2) is 16.1 Å². The summed E-state index contributed by atoms with van der Waals surface area (Å²) < 4.78 is 0. The van der Waals surface area contributed by atoms with Crippen molar-refractivity contribution in [3.63, 3.8) is 0 Å². The zero-order chi connectivity index (χ0) is 16.9. The molecule has 1 N–H and O–H groups in total. The summed E-state index contributed by atoms with van der Waals surface area (Å²) in [4.78, 5) is 12.4. The number of aromatic nitrogens is 2. The number of anilines is 1. The summed E-state index contributed by atoms with van der Waals surface area (Å²) in [5.41, 5.74) is 3.93. The lowest BCUT2D eigenvalue weighted by Crippen LogP contribution is -2.15. The van der Waals surface area contributed by atoms with E-state index in [0.29, 0.717) is 11.6 Å². The Labute approximate surface area is 141 Å². The normalized spacial score (nSPS) is 10.6. The van der Waals surface area contributed by atoms with Crippen LogP contribution >= 0.6 is 0 Å². The lowest BCUT2D eigenvalue weighted by atomic mass is 10.0. The molecule has 0 unspecified atom stereocenters. The van der Waals surface area contributed by atoms with Gasteiger partial charge in [-0.15, -0.1) is 10.2 Å².